The highest BCUT2D eigenvalue weighted by atomic mass is 16.7. The van der Waals surface area contributed by atoms with Gasteiger partial charge in [-0.1, -0.05) is 6.92 Å². The van der Waals surface area contributed by atoms with Crippen LogP contribution in [-0.2, 0) is 28.5 Å². The number of aliphatic hydroxyl groups is 3. The van der Waals surface area contributed by atoms with Gasteiger partial charge in [0.1, 0.15) is 41.8 Å². The highest BCUT2D eigenvalue weighted by Crippen LogP contribution is 2.32. The summed E-state index contributed by atoms with van der Waals surface area (Å²) < 4.78 is 23.9. The molecule has 16 nitrogen and oxygen atoms in total. The molecule has 13 N–H and O–H groups in total. The molecule has 0 aromatic carbocycles. The zero-order chi connectivity index (χ0) is 32.1. The lowest BCUT2D eigenvalue weighted by atomic mass is 9.83. The number of hydrogen-bond donors (Lipinski definition) is 10. The van der Waals surface area contributed by atoms with Gasteiger partial charge in [-0.15, -0.1) is 0 Å². The van der Waals surface area contributed by atoms with E-state index < -0.39 is 90.7 Å². The fourth-order valence-electron chi connectivity index (χ4n) is 5.58. The lowest BCUT2D eigenvalue weighted by Crippen LogP contribution is -2.69. The van der Waals surface area contributed by atoms with Gasteiger partial charge < -0.3 is 72.7 Å². The maximum absolute atomic E-state index is 12.5. The van der Waals surface area contributed by atoms with Crippen LogP contribution in [0.5, 0.6) is 0 Å². The summed E-state index contributed by atoms with van der Waals surface area (Å²) in [4.78, 5) is 24.2. The van der Waals surface area contributed by atoms with Crippen LogP contribution < -0.4 is 38.5 Å². The number of carbonyl (C=O) groups is 2. The van der Waals surface area contributed by atoms with E-state index in [1.165, 1.54) is 13.8 Å². The van der Waals surface area contributed by atoms with Gasteiger partial charge in [0.15, 0.2) is 6.29 Å². The average Bonchev–Trinajstić information content (AvgIpc) is 2.94. The summed E-state index contributed by atoms with van der Waals surface area (Å²) in [6.45, 7) is 7.01. The van der Waals surface area contributed by atoms with Crippen molar-refractivity contribution in [2.75, 3.05) is 26.7 Å². The number of likely N-dealkylation sites (N-methyl/N-ethyl adjacent to an activating group) is 2. The van der Waals surface area contributed by atoms with Gasteiger partial charge >= 0.3 is 0 Å². The highest BCUT2D eigenvalue weighted by Gasteiger charge is 2.51. The molecule has 248 valence electrons. The van der Waals surface area contributed by atoms with E-state index in [1.807, 2.05) is 6.92 Å². The van der Waals surface area contributed by atoms with Crippen molar-refractivity contribution in [3.63, 3.8) is 0 Å². The van der Waals surface area contributed by atoms with E-state index in [4.69, 9.17) is 36.1 Å². The van der Waals surface area contributed by atoms with Gasteiger partial charge in [-0.3, -0.25) is 9.59 Å². The number of nitrogens with one attached hydrogen (secondary N) is 4. The molecule has 0 unspecified atom stereocenters. The number of aliphatic hydroxyl groups excluding tert-OH is 2. The van der Waals surface area contributed by atoms with Crippen LogP contribution in [0, 0.1) is 0 Å². The summed E-state index contributed by atoms with van der Waals surface area (Å²) in [5, 5.41) is 44.4. The van der Waals surface area contributed by atoms with Crippen molar-refractivity contribution in [3.8, 4) is 0 Å². The summed E-state index contributed by atoms with van der Waals surface area (Å²) in [6.07, 6.45) is -4.01. The molecule has 3 rings (SSSR count). The number of carbonyl (C=O) groups excluding carboxylic acids is 2. The molecule has 0 aromatic rings. The van der Waals surface area contributed by atoms with Crippen LogP contribution in [-0.4, -0.2) is 133 Å². The highest BCUT2D eigenvalue weighted by molar-refractivity contribution is 5.89. The number of ether oxygens (including phenoxy) is 4. The van der Waals surface area contributed by atoms with Crippen molar-refractivity contribution in [1.82, 2.24) is 21.3 Å². The first-order chi connectivity index (χ1) is 20.2. The third-order valence-electron chi connectivity index (χ3n) is 8.05. The van der Waals surface area contributed by atoms with Crippen LogP contribution in [0.1, 0.15) is 40.5 Å². The molecule has 1 aliphatic carbocycles. The molecule has 3 aliphatic rings. The monoisotopic (exact) mass is 617 g/mol. The molecule has 16 heteroatoms. The second-order valence-electron chi connectivity index (χ2n) is 11.8. The molecule has 0 aromatic heterocycles. The molecule has 2 aliphatic heterocycles. The van der Waals surface area contributed by atoms with Crippen molar-refractivity contribution >= 4 is 11.8 Å². The largest absolute Gasteiger partial charge is 0.466 e. The Morgan fingerprint density at radius 1 is 1.12 bits per heavy atom. The Morgan fingerprint density at radius 3 is 2.42 bits per heavy atom. The fourth-order valence-corrected chi connectivity index (χ4v) is 5.58. The summed E-state index contributed by atoms with van der Waals surface area (Å²) >= 11 is 0. The molecule has 2 fully saturated rings. The van der Waals surface area contributed by atoms with Crippen molar-refractivity contribution in [3.05, 3.63) is 11.8 Å². The second kappa shape index (κ2) is 15.4. The predicted molar refractivity (Wildman–Crippen MR) is 155 cm³/mol. The predicted octanol–water partition coefficient (Wildman–Crippen LogP) is -4.19. The molecule has 43 heavy (non-hydrogen) atoms. The quantitative estimate of drug-likeness (QED) is 0.0996. The Labute approximate surface area is 252 Å². The molecule has 13 atom stereocenters. The summed E-state index contributed by atoms with van der Waals surface area (Å²) in [5.41, 5.74) is 17.0. The van der Waals surface area contributed by atoms with Crippen molar-refractivity contribution < 1.29 is 43.9 Å². The smallest absolute Gasteiger partial charge is 0.242 e. The van der Waals surface area contributed by atoms with E-state index in [9.17, 15) is 24.9 Å². The van der Waals surface area contributed by atoms with Crippen molar-refractivity contribution in [1.29, 1.82) is 0 Å². The first-order valence-electron chi connectivity index (χ1n) is 14.8. The van der Waals surface area contributed by atoms with Crippen molar-refractivity contribution in [2.45, 2.75) is 119 Å². The normalized spacial score (nSPS) is 39.7. The Hall–Kier alpha value is -1.96. The number of hydrogen-bond acceptors (Lipinski definition) is 14. The van der Waals surface area contributed by atoms with Crippen LogP contribution in [0.25, 0.3) is 0 Å². The van der Waals surface area contributed by atoms with Crippen LogP contribution in [0.2, 0.25) is 0 Å². The molecule has 1 saturated carbocycles. The molecule has 0 radical (unpaired) electrons. The Morgan fingerprint density at radius 2 is 1.79 bits per heavy atom. The van der Waals surface area contributed by atoms with Crippen LogP contribution in [0.15, 0.2) is 11.8 Å². The SMILES string of the molecule is CCN[C@@H]1C[C@H](N)[C@@H](O[C@H]2OC(CNC(=O)[C@H](C)NC(=O)[C@H](C)N)=CC[C@H]2N)[C@H](O)[C@H]1O[C@H]1OC[C@](C)(O)[C@H](NC)[C@H]1O. The summed E-state index contributed by atoms with van der Waals surface area (Å²) in [6, 6.07) is -3.90. The van der Waals surface area contributed by atoms with Gasteiger partial charge in [-0.05, 0) is 53.3 Å². The van der Waals surface area contributed by atoms with E-state index in [-0.39, 0.29) is 13.2 Å². The van der Waals surface area contributed by atoms with Crippen LogP contribution >= 0.6 is 0 Å². The topological polar surface area (TPSA) is 258 Å². The summed E-state index contributed by atoms with van der Waals surface area (Å²) in [7, 11) is 1.62. The minimum Gasteiger partial charge on any atom is -0.466 e. The zero-order valence-corrected chi connectivity index (χ0v) is 25.6. The number of amides is 2. The minimum absolute atomic E-state index is 0.0185. The third-order valence-corrected chi connectivity index (χ3v) is 8.05. The van der Waals surface area contributed by atoms with E-state index in [2.05, 4.69) is 21.3 Å². The standard InChI is InChI=1S/C27H51N7O9/c1-6-32-17-9-16(30)20(18(35)21(17)43-26-19(36)22(31-5)27(4,39)11-40-26)42-25-15(29)8-7-14(41-25)10-33-24(38)13(3)34-23(37)12(2)28/h7,12-13,15-22,25-26,31-32,35-36,39H,6,8-11,28-30H2,1-5H3,(H,33,38)(H,34,37)/t12-,13-,15+,16-,17+,18-,19+,20+,21-,22+,25+,26+,27-/m0/s1. The van der Waals surface area contributed by atoms with Gasteiger partial charge in [0, 0.05) is 12.1 Å². The molecular formula is C27H51N7O9. The lowest BCUT2D eigenvalue weighted by Gasteiger charge is -2.49. The molecule has 0 spiro atoms. The second-order valence-corrected chi connectivity index (χ2v) is 11.8. The summed E-state index contributed by atoms with van der Waals surface area (Å²) in [5.74, 6) is -0.486. The molecule has 1 saturated heterocycles. The molecule has 2 amide bonds. The van der Waals surface area contributed by atoms with E-state index >= 15 is 0 Å². The van der Waals surface area contributed by atoms with E-state index in [1.54, 1.807) is 20.0 Å². The number of nitrogens with two attached hydrogens (primary N) is 3. The minimum atomic E-state index is -1.33. The van der Waals surface area contributed by atoms with Gasteiger partial charge in [0.05, 0.1) is 31.3 Å². The van der Waals surface area contributed by atoms with Gasteiger partial charge in [-0.25, -0.2) is 0 Å². The molecule has 2 heterocycles. The Bertz CT molecular complexity index is 971. The van der Waals surface area contributed by atoms with Gasteiger partial charge in [0.25, 0.3) is 0 Å². The third kappa shape index (κ3) is 8.82. The first-order valence-corrected chi connectivity index (χ1v) is 14.8. The van der Waals surface area contributed by atoms with Gasteiger partial charge in [-0.2, -0.15) is 0 Å². The average molecular weight is 618 g/mol. The maximum Gasteiger partial charge on any atom is 0.242 e. The molecular weight excluding hydrogens is 566 g/mol. The molecule has 0 bridgehead atoms. The lowest BCUT2D eigenvalue weighted by molar-refractivity contribution is -0.304. The van der Waals surface area contributed by atoms with Crippen LogP contribution in [0.3, 0.4) is 0 Å². The maximum atomic E-state index is 12.5. The van der Waals surface area contributed by atoms with Gasteiger partial charge in [0.2, 0.25) is 18.1 Å². The first kappa shape index (κ1) is 35.5. The number of rotatable bonds is 12. The Kier molecular flexibility index (Phi) is 12.7. The van der Waals surface area contributed by atoms with E-state index in [0.717, 1.165) is 0 Å². The fraction of sp³-hybridized carbons (Fsp3) is 0.852. The van der Waals surface area contributed by atoms with Crippen LogP contribution in [0.4, 0.5) is 0 Å². The Balaban J connectivity index is 1.65. The zero-order valence-electron chi connectivity index (χ0n) is 25.6. The van der Waals surface area contributed by atoms with E-state index in [0.29, 0.717) is 25.1 Å². The van der Waals surface area contributed by atoms with Crippen molar-refractivity contribution in [2.24, 2.45) is 17.2 Å².